The number of likely N-dealkylation sites (tertiary alicyclic amines) is 1. The summed E-state index contributed by atoms with van der Waals surface area (Å²) in [6.45, 7) is 6.24. The summed E-state index contributed by atoms with van der Waals surface area (Å²) in [6.07, 6.45) is 2.21. The van der Waals surface area contributed by atoms with E-state index in [1.807, 2.05) is 29.2 Å². The van der Waals surface area contributed by atoms with Crippen molar-refractivity contribution in [3.8, 4) is 0 Å². The van der Waals surface area contributed by atoms with Gasteiger partial charge in [0, 0.05) is 18.5 Å². The lowest BCUT2D eigenvalue weighted by atomic mass is 9.86. The highest BCUT2D eigenvalue weighted by molar-refractivity contribution is 6.00. The number of nitrogens with zero attached hydrogens (tertiary/aromatic N) is 1. The zero-order chi connectivity index (χ0) is 15.0. The minimum absolute atomic E-state index is 0.0906. The van der Waals surface area contributed by atoms with Gasteiger partial charge in [0.1, 0.15) is 5.69 Å². The minimum atomic E-state index is 0.0906. The van der Waals surface area contributed by atoms with Crippen molar-refractivity contribution in [1.29, 1.82) is 0 Å². The first kappa shape index (κ1) is 14.0. The number of piperidine rings is 1. The largest absolute Gasteiger partial charge is 0.397 e. The molecule has 1 aromatic heterocycles. The van der Waals surface area contributed by atoms with E-state index in [0.29, 0.717) is 17.3 Å². The number of rotatable bonds is 2. The Morgan fingerprint density at radius 1 is 1.33 bits per heavy atom. The van der Waals surface area contributed by atoms with Crippen LogP contribution < -0.4 is 5.73 Å². The van der Waals surface area contributed by atoms with E-state index in [0.717, 1.165) is 42.8 Å². The molecule has 2 heterocycles. The van der Waals surface area contributed by atoms with Gasteiger partial charge in [-0.15, -0.1) is 0 Å². The number of carbonyl (C=O) groups excluding carboxylic acids is 1. The number of benzene rings is 1. The third-order valence-electron chi connectivity index (χ3n) is 4.69. The summed E-state index contributed by atoms with van der Waals surface area (Å²) >= 11 is 0. The van der Waals surface area contributed by atoms with Crippen molar-refractivity contribution >= 4 is 22.5 Å². The summed E-state index contributed by atoms with van der Waals surface area (Å²) in [5, 5.41) is 0.996. The number of aromatic amines is 1. The third-order valence-corrected chi connectivity index (χ3v) is 4.69. The molecule has 3 N–H and O–H groups in total. The lowest BCUT2D eigenvalue weighted by Crippen LogP contribution is -2.39. The van der Waals surface area contributed by atoms with E-state index in [9.17, 15) is 4.79 Å². The Balaban J connectivity index is 1.77. The summed E-state index contributed by atoms with van der Waals surface area (Å²) in [5.74, 6) is 1.54. The van der Waals surface area contributed by atoms with E-state index in [4.69, 9.17) is 5.73 Å². The van der Waals surface area contributed by atoms with Gasteiger partial charge in [-0.2, -0.15) is 0 Å². The highest BCUT2D eigenvalue weighted by atomic mass is 16.2. The van der Waals surface area contributed by atoms with Crippen LogP contribution in [0.1, 0.15) is 37.2 Å². The number of hydrogen-bond donors (Lipinski definition) is 2. The van der Waals surface area contributed by atoms with Crippen LogP contribution in [0.25, 0.3) is 10.9 Å². The smallest absolute Gasteiger partial charge is 0.270 e. The second-order valence-electron chi connectivity index (χ2n) is 6.37. The molecule has 4 heteroatoms. The molecule has 1 amide bonds. The molecule has 0 aliphatic carbocycles. The van der Waals surface area contributed by atoms with Gasteiger partial charge in [-0.05, 0) is 36.8 Å². The van der Waals surface area contributed by atoms with Crippen molar-refractivity contribution in [2.75, 3.05) is 18.8 Å². The Labute approximate surface area is 125 Å². The lowest BCUT2D eigenvalue weighted by Gasteiger charge is -2.33. The van der Waals surface area contributed by atoms with Crippen LogP contribution in [0.2, 0.25) is 0 Å². The molecule has 1 saturated heterocycles. The standard InChI is InChI=1S/C17H23N3O/c1-11(2)12-6-8-20(9-7-12)17(21)15-10-13-4-3-5-14(18)16(13)19-15/h3-5,10-12,19H,6-9,18H2,1-2H3. The molecule has 0 spiro atoms. The van der Waals surface area contributed by atoms with Crippen LogP contribution in [-0.4, -0.2) is 28.9 Å². The van der Waals surface area contributed by atoms with Crippen LogP contribution in [0.15, 0.2) is 24.3 Å². The van der Waals surface area contributed by atoms with Gasteiger partial charge in [-0.3, -0.25) is 4.79 Å². The summed E-state index contributed by atoms with van der Waals surface area (Å²) in [4.78, 5) is 17.7. The molecule has 0 radical (unpaired) electrons. The monoisotopic (exact) mass is 285 g/mol. The molecule has 2 aromatic rings. The molecule has 21 heavy (non-hydrogen) atoms. The highest BCUT2D eigenvalue weighted by Crippen LogP contribution is 2.26. The van der Waals surface area contributed by atoms with Crippen LogP contribution in [-0.2, 0) is 0 Å². The summed E-state index contributed by atoms with van der Waals surface area (Å²) < 4.78 is 0. The van der Waals surface area contributed by atoms with Crippen molar-refractivity contribution in [3.05, 3.63) is 30.0 Å². The number of anilines is 1. The molecular formula is C17H23N3O. The van der Waals surface area contributed by atoms with Gasteiger partial charge in [0.25, 0.3) is 5.91 Å². The second-order valence-corrected chi connectivity index (χ2v) is 6.37. The zero-order valence-electron chi connectivity index (χ0n) is 12.7. The highest BCUT2D eigenvalue weighted by Gasteiger charge is 2.26. The second kappa shape index (κ2) is 5.43. The molecule has 0 saturated carbocycles. The van der Waals surface area contributed by atoms with Crippen molar-refractivity contribution < 1.29 is 4.79 Å². The van der Waals surface area contributed by atoms with E-state index >= 15 is 0 Å². The van der Waals surface area contributed by atoms with E-state index in [1.54, 1.807) is 0 Å². The number of amides is 1. The molecule has 0 unspecified atom stereocenters. The molecule has 0 atom stereocenters. The maximum atomic E-state index is 12.6. The third kappa shape index (κ3) is 2.62. The number of nitrogens with two attached hydrogens (primary N) is 1. The van der Waals surface area contributed by atoms with Gasteiger partial charge in [0.2, 0.25) is 0 Å². The Morgan fingerprint density at radius 3 is 2.67 bits per heavy atom. The van der Waals surface area contributed by atoms with Crippen molar-refractivity contribution in [1.82, 2.24) is 9.88 Å². The number of fused-ring (bicyclic) bond motifs is 1. The maximum Gasteiger partial charge on any atom is 0.270 e. The number of para-hydroxylation sites is 1. The van der Waals surface area contributed by atoms with Crippen LogP contribution in [0.4, 0.5) is 5.69 Å². The first-order valence-electron chi connectivity index (χ1n) is 7.72. The number of aromatic nitrogens is 1. The SMILES string of the molecule is CC(C)C1CCN(C(=O)c2cc3cccc(N)c3[nH]2)CC1. The molecule has 112 valence electrons. The van der Waals surface area contributed by atoms with Crippen molar-refractivity contribution in [3.63, 3.8) is 0 Å². The Kier molecular flexibility index (Phi) is 3.62. The van der Waals surface area contributed by atoms with Gasteiger partial charge in [0.15, 0.2) is 0 Å². The van der Waals surface area contributed by atoms with Crippen molar-refractivity contribution in [2.45, 2.75) is 26.7 Å². The topological polar surface area (TPSA) is 62.1 Å². The predicted molar refractivity (Wildman–Crippen MR) is 86.2 cm³/mol. The van der Waals surface area contributed by atoms with Gasteiger partial charge in [-0.1, -0.05) is 26.0 Å². The molecule has 1 aromatic carbocycles. The number of nitrogen functional groups attached to an aromatic ring is 1. The summed E-state index contributed by atoms with van der Waals surface area (Å²) in [6, 6.07) is 7.64. The van der Waals surface area contributed by atoms with Crippen LogP contribution >= 0.6 is 0 Å². The Bertz CT molecular complexity index is 651. The molecule has 0 bridgehead atoms. The fourth-order valence-electron chi connectivity index (χ4n) is 3.23. The number of hydrogen-bond acceptors (Lipinski definition) is 2. The quantitative estimate of drug-likeness (QED) is 0.832. The van der Waals surface area contributed by atoms with Gasteiger partial charge >= 0.3 is 0 Å². The van der Waals surface area contributed by atoms with Gasteiger partial charge < -0.3 is 15.6 Å². The first-order chi connectivity index (χ1) is 10.1. The molecule has 1 aliphatic rings. The minimum Gasteiger partial charge on any atom is -0.397 e. The average molecular weight is 285 g/mol. The van der Waals surface area contributed by atoms with Crippen LogP contribution in [0.5, 0.6) is 0 Å². The van der Waals surface area contributed by atoms with E-state index in [-0.39, 0.29) is 5.91 Å². The van der Waals surface area contributed by atoms with E-state index in [2.05, 4.69) is 18.8 Å². The number of nitrogens with one attached hydrogen (secondary N) is 1. The van der Waals surface area contributed by atoms with Crippen LogP contribution in [0, 0.1) is 11.8 Å². The average Bonchev–Trinajstić information content (AvgIpc) is 2.92. The van der Waals surface area contributed by atoms with E-state index < -0.39 is 0 Å². The van der Waals surface area contributed by atoms with E-state index in [1.165, 1.54) is 0 Å². The predicted octanol–water partition coefficient (Wildman–Crippen LogP) is 3.26. The first-order valence-corrected chi connectivity index (χ1v) is 7.72. The summed E-state index contributed by atoms with van der Waals surface area (Å²) in [7, 11) is 0. The number of H-pyrrole nitrogens is 1. The van der Waals surface area contributed by atoms with Crippen LogP contribution in [0.3, 0.4) is 0 Å². The van der Waals surface area contributed by atoms with Gasteiger partial charge in [-0.25, -0.2) is 0 Å². The molecule has 3 rings (SSSR count). The van der Waals surface area contributed by atoms with Gasteiger partial charge in [0.05, 0.1) is 11.2 Å². The maximum absolute atomic E-state index is 12.6. The Morgan fingerprint density at radius 2 is 2.05 bits per heavy atom. The normalized spacial score (nSPS) is 16.8. The number of carbonyl (C=O) groups is 1. The fourth-order valence-corrected chi connectivity index (χ4v) is 3.23. The molecular weight excluding hydrogens is 262 g/mol. The lowest BCUT2D eigenvalue weighted by molar-refractivity contribution is 0.0663. The molecule has 1 fully saturated rings. The molecule has 4 nitrogen and oxygen atoms in total. The fraction of sp³-hybridized carbons (Fsp3) is 0.471. The summed E-state index contributed by atoms with van der Waals surface area (Å²) in [5.41, 5.74) is 8.13. The zero-order valence-corrected chi connectivity index (χ0v) is 12.7. The van der Waals surface area contributed by atoms with Crippen molar-refractivity contribution in [2.24, 2.45) is 11.8 Å². The Hall–Kier alpha value is -1.97. The molecule has 1 aliphatic heterocycles.